The minimum Gasteiger partial charge on any atom is -0.479 e. The highest BCUT2D eigenvalue weighted by Gasteiger charge is 2.41. The van der Waals surface area contributed by atoms with Crippen LogP contribution in [0.15, 0.2) is 24.3 Å². The molecule has 14 heavy (non-hydrogen) atoms. The lowest BCUT2D eigenvalue weighted by atomic mass is 9.92. The SMILES string of the molecule is CCC1(C(=O)O)Cc2ccccc2N1. The second-order valence-corrected chi connectivity index (χ2v) is 3.70. The average Bonchev–Trinajstić information content (AvgIpc) is 2.57. The molecule has 0 aromatic heterocycles. The summed E-state index contributed by atoms with van der Waals surface area (Å²) in [6, 6.07) is 7.76. The summed E-state index contributed by atoms with van der Waals surface area (Å²) in [6.07, 6.45) is 1.17. The van der Waals surface area contributed by atoms with Crippen molar-refractivity contribution in [2.45, 2.75) is 25.3 Å². The van der Waals surface area contributed by atoms with Crippen LogP contribution in [-0.2, 0) is 11.2 Å². The Balaban J connectivity index is 2.37. The van der Waals surface area contributed by atoms with Crippen LogP contribution in [0.25, 0.3) is 0 Å². The van der Waals surface area contributed by atoms with Crippen molar-refractivity contribution in [2.24, 2.45) is 0 Å². The number of carboxylic acids is 1. The Bertz CT molecular complexity index is 348. The van der Waals surface area contributed by atoms with E-state index in [9.17, 15) is 9.90 Å². The molecule has 0 amide bonds. The summed E-state index contributed by atoms with van der Waals surface area (Å²) in [6.45, 7) is 1.90. The smallest absolute Gasteiger partial charge is 0.329 e. The van der Waals surface area contributed by atoms with Gasteiger partial charge in [-0.05, 0) is 18.1 Å². The molecule has 0 fully saturated rings. The van der Waals surface area contributed by atoms with Crippen molar-refractivity contribution >= 4 is 11.7 Å². The molecular weight excluding hydrogens is 178 g/mol. The molecule has 0 radical (unpaired) electrons. The fraction of sp³-hybridized carbons (Fsp3) is 0.364. The quantitative estimate of drug-likeness (QED) is 0.750. The molecule has 1 unspecified atom stereocenters. The number of hydrogen-bond donors (Lipinski definition) is 2. The Hall–Kier alpha value is -1.51. The van der Waals surface area contributed by atoms with Gasteiger partial charge in [0.2, 0.25) is 0 Å². The van der Waals surface area contributed by atoms with Gasteiger partial charge in [-0.3, -0.25) is 0 Å². The Morgan fingerprint density at radius 2 is 2.29 bits per heavy atom. The molecule has 3 nitrogen and oxygen atoms in total. The van der Waals surface area contributed by atoms with E-state index in [1.165, 1.54) is 0 Å². The number of aliphatic carboxylic acids is 1. The first kappa shape index (κ1) is 9.06. The first-order chi connectivity index (χ1) is 6.68. The van der Waals surface area contributed by atoms with Gasteiger partial charge in [0.05, 0.1) is 0 Å². The molecule has 0 bridgehead atoms. The second-order valence-electron chi connectivity index (χ2n) is 3.70. The van der Waals surface area contributed by atoms with E-state index in [1.54, 1.807) is 0 Å². The van der Waals surface area contributed by atoms with Gasteiger partial charge in [-0.15, -0.1) is 0 Å². The highest BCUT2D eigenvalue weighted by molar-refractivity contribution is 5.86. The molecule has 2 N–H and O–H groups in total. The number of rotatable bonds is 2. The molecule has 1 heterocycles. The summed E-state index contributed by atoms with van der Waals surface area (Å²) < 4.78 is 0. The molecular formula is C11H13NO2. The number of nitrogens with one attached hydrogen (secondary N) is 1. The highest BCUT2D eigenvalue weighted by Crippen LogP contribution is 2.34. The predicted molar refractivity (Wildman–Crippen MR) is 54.4 cm³/mol. The van der Waals surface area contributed by atoms with Crippen LogP contribution in [0, 0.1) is 0 Å². The van der Waals surface area contributed by atoms with E-state index in [0.29, 0.717) is 12.8 Å². The third kappa shape index (κ3) is 1.16. The molecule has 2 rings (SSSR count). The monoisotopic (exact) mass is 191 g/mol. The Kier molecular flexibility index (Phi) is 1.95. The molecule has 3 heteroatoms. The standard InChI is InChI=1S/C11H13NO2/c1-2-11(10(13)14)7-8-5-3-4-6-9(8)12-11/h3-6,12H,2,7H2,1H3,(H,13,14). The maximum atomic E-state index is 11.2. The number of anilines is 1. The van der Waals surface area contributed by atoms with Gasteiger partial charge < -0.3 is 10.4 Å². The predicted octanol–water partition coefficient (Wildman–Crippen LogP) is 1.89. The number of para-hydroxylation sites is 1. The van der Waals surface area contributed by atoms with E-state index >= 15 is 0 Å². The normalized spacial score (nSPS) is 24.1. The third-order valence-corrected chi connectivity index (χ3v) is 2.90. The van der Waals surface area contributed by atoms with Gasteiger partial charge in [0.15, 0.2) is 0 Å². The van der Waals surface area contributed by atoms with Gasteiger partial charge in [-0.1, -0.05) is 25.1 Å². The van der Waals surface area contributed by atoms with Crippen molar-refractivity contribution in [3.63, 3.8) is 0 Å². The van der Waals surface area contributed by atoms with Crippen LogP contribution >= 0.6 is 0 Å². The summed E-state index contributed by atoms with van der Waals surface area (Å²) in [7, 11) is 0. The molecule has 1 aromatic rings. The van der Waals surface area contributed by atoms with Crippen LogP contribution in [0.1, 0.15) is 18.9 Å². The van der Waals surface area contributed by atoms with Crippen molar-refractivity contribution in [1.82, 2.24) is 0 Å². The van der Waals surface area contributed by atoms with Crippen LogP contribution in [0.2, 0.25) is 0 Å². The average molecular weight is 191 g/mol. The summed E-state index contributed by atoms with van der Waals surface area (Å²) in [5, 5.41) is 12.3. The third-order valence-electron chi connectivity index (χ3n) is 2.90. The van der Waals surface area contributed by atoms with Gasteiger partial charge >= 0.3 is 5.97 Å². The van der Waals surface area contributed by atoms with E-state index in [1.807, 2.05) is 31.2 Å². The van der Waals surface area contributed by atoms with E-state index in [-0.39, 0.29) is 0 Å². The van der Waals surface area contributed by atoms with E-state index in [2.05, 4.69) is 5.32 Å². The van der Waals surface area contributed by atoms with Crippen LogP contribution in [0.3, 0.4) is 0 Å². The number of carboxylic acid groups (broad SMARTS) is 1. The van der Waals surface area contributed by atoms with Gasteiger partial charge in [0, 0.05) is 12.1 Å². The van der Waals surface area contributed by atoms with Crippen LogP contribution < -0.4 is 5.32 Å². The highest BCUT2D eigenvalue weighted by atomic mass is 16.4. The largest absolute Gasteiger partial charge is 0.479 e. The van der Waals surface area contributed by atoms with E-state index in [0.717, 1.165) is 11.3 Å². The maximum absolute atomic E-state index is 11.2. The van der Waals surface area contributed by atoms with Crippen molar-refractivity contribution in [2.75, 3.05) is 5.32 Å². The fourth-order valence-corrected chi connectivity index (χ4v) is 1.92. The lowest BCUT2D eigenvalue weighted by Gasteiger charge is -2.23. The molecule has 1 atom stereocenters. The lowest BCUT2D eigenvalue weighted by Crippen LogP contribution is -2.44. The fourth-order valence-electron chi connectivity index (χ4n) is 1.92. The van der Waals surface area contributed by atoms with E-state index < -0.39 is 11.5 Å². The summed E-state index contributed by atoms with van der Waals surface area (Å²) >= 11 is 0. The maximum Gasteiger partial charge on any atom is 0.329 e. The number of benzene rings is 1. The van der Waals surface area contributed by atoms with Crippen LogP contribution in [-0.4, -0.2) is 16.6 Å². The summed E-state index contributed by atoms with van der Waals surface area (Å²) in [5.41, 5.74) is 1.26. The molecule has 0 spiro atoms. The first-order valence-electron chi connectivity index (χ1n) is 4.77. The zero-order valence-corrected chi connectivity index (χ0v) is 8.08. The number of hydrogen-bond acceptors (Lipinski definition) is 2. The van der Waals surface area contributed by atoms with Crippen LogP contribution in [0.4, 0.5) is 5.69 Å². The van der Waals surface area contributed by atoms with Gasteiger partial charge in [0.25, 0.3) is 0 Å². The van der Waals surface area contributed by atoms with Crippen molar-refractivity contribution in [3.8, 4) is 0 Å². The second kappa shape index (κ2) is 3.01. The molecule has 0 aliphatic carbocycles. The Labute approximate surface area is 82.8 Å². The van der Waals surface area contributed by atoms with Crippen LogP contribution in [0.5, 0.6) is 0 Å². The van der Waals surface area contributed by atoms with Crippen molar-refractivity contribution in [1.29, 1.82) is 0 Å². The van der Waals surface area contributed by atoms with E-state index in [4.69, 9.17) is 0 Å². The zero-order valence-electron chi connectivity index (χ0n) is 8.08. The summed E-state index contributed by atoms with van der Waals surface area (Å²) in [4.78, 5) is 11.2. The van der Waals surface area contributed by atoms with Gasteiger partial charge in [0.1, 0.15) is 5.54 Å². The zero-order chi connectivity index (χ0) is 10.2. The van der Waals surface area contributed by atoms with Crippen molar-refractivity contribution < 1.29 is 9.90 Å². The van der Waals surface area contributed by atoms with Gasteiger partial charge in [-0.25, -0.2) is 4.79 Å². The minimum atomic E-state index is -0.788. The Morgan fingerprint density at radius 1 is 1.57 bits per heavy atom. The molecule has 1 aliphatic rings. The molecule has 0 saturated heterocycles. The molecule has 74 valence electrons. The molecule has 0 saturated carbocycles. The van der Waals surface area contributed by atoms with Gasteiger partial charge in [-0.2, -0.15) is 0 Å². The minimum absolute atomic E-state index is 0.578. The topological polar surface area (TPSA) is 49.3 Å². The molecule has 1 aliphatic heterocycles. The number of fused-ring (bicyclic) bond motifs is 1. The lowest BCUT2D eigenvalue weighted by molar-refractivity contribution is -0.142. The van der Waals surface area contributed by atoms with Crippen molar-refractivity contribution in [3.05, 3.63) is 29.8 Å². The number of carbonyl (C=O) groups is 1. The Morgan fingerprint density at radius 3 is 2.86 bits per heavy atom. The molecule has 1 aromatic carbocycles. The first-order valence-corrected chi connectivity index (χ1v) is 4.77. The summed E-state index contributed by atoms with van der Waals surface area (Å²) in [5.74, 6) is -0.767.